The molecular formula is C21H23Br2N3O7S. The maximum absolute atomic E-state index is 12.8. The van der Waals surface area contributed by atoms with Gasteiger partial charge in [-0.2, -0.15) is 0 Å². The zero-order valence-corrected chi connectivity index (χ0v) is 22.0. The molecule has 2 aromatic carbocycles. The fourth-order valence-corrected chi connectivity index (χ4v) is 6.24. The van der Waals surface area contributed by atoms with Crippen LogP contribution in [0.2, 0.25) is 0 Å². The van der Waals surface area contributed by atoms with Gasteiger partial charge in [-0.25, -0.2) is 22.7 Å². The zero-order valence-electron chi connectivity index (χ0n) is 18.0. The summed E-state index contributed by atoms with van der Waals surface area (Å²) >= 11 is 6.48. The van der Waals surface area contributed by atoms with Crippen molar-refractivity contribution in [2.75, 3.05) is 20.3 Å². The number of nitrogens with zero attached hydrogens (tertiary/aromatic N) is 1. The number of rotatable bonds is 8. The number of methoxy groups -OCH3 is 1. The van der Waals surface area contributed by atoms with E-state index in [0.29, 0.717) is 14.7 Å². The molecular weight excluding hydrogens is 598 g/mol. The summed E-state index contributed by atoms with van der Waals surface area (Å²) in [6.07, 6.45) is -1.77. The molecule has 2 amide bonds. The van der Waals surface area contributed by atoms with Crippen LogP contribution >= 0.6 is 31.9 Å². The van der Waals surface area contributed by atoms with Gasteiger partial charge in [0.25, 0.3) is 0 Å². The lowest BCUT2D eigenvalue weighted by Crippen LogP contribution is -2.40. The van der Waals surface area contributed by atoms with Crippen LogP contribution in [0.1, 0.15) is 12.0 Å². The average Bonchev–Trinajstić information content (AvgIpc) is 3.20. The van der Waals surface area contributed by atoms with Gasteiger partial charge < -0.3 is 24.8 Å². The van der Waals surface area contributed by atoms with Crippen LogP contribution in [0, 0.1) is 0 Å². The van der Waals surface area contributed by atoms with E-state index in [9.17, 15) is 23.1 Å². The van der Waals surface area contributed by atoms with Crippen LogP contribution in [-0.2, 0) is 21.3 Å². The highest BCUT2D eigenvalue weighted by atomic mass is 79.9. The van der Waals surface area contributed by atoms with Gasteiger partial charge in [0.1, 0.15) is 12.4 Å². The molecule has 0 radical (unpaired) electrons. The summed E-state index contributed by atoms with van der Waals surface area (Å²) in [4.78, 5) is 24.9. The number of alkyl carbamates (subject to hydrolysis) is 1. The van der Waals surface area contributed by atoms with Crippen molar-refractivity contribution in [3.05, 3.63) is 57.0 Å². The highest BCUT2D eigenvalue weighted by Gasteiger charge is 2.38. The predicted molar refractivity (Wildman–Crippen MR) is 130 cm³/mol. The molecule has 3 N–H and O–H groups in total. The average molecular weight is 621 g/mol. The van der Waals surface area contributed by atoms with Crippen LogP contribution in [0.3, 0.4) is 0 Å². The molecule has 1 aliphatic rings. The second-order valence-corrected chi connectivity index (χ2v) is 11.0. The van der Waals surface area contributed by atoms with Crippen LogP contribution < -0.4 is 14.8 Å². The van der Waals surface area contributed by atoms with Gasteiger partial charge in [0.15, 0.2) is 0 Å². The second kappa shape index (κ2) is 11.4. The van der Waals surface area contributed by atoms with Gasteiger partial charge in [-0.3, -0.25) is 0 Å². The first-order valence-electron chi connectivity index (χ1n) is 10.1. The smallest absolute Gasteiger partial charge is 0.407 e. The molecule has 13 heteroatoms. The maximum Gasteiger partial charge on any atom is 0.407 e. The first-order valence-corrected chi connectivity index (χ1v) is 13.2. The summed E-state index contributed by atoms with van der Waals surface area (Å²) in [5.74, 6) is 0.693. The van der Waals surface area contributed by atoms with Crippen molar-refractivity contribution in [3.63, 3.8) is 0 Å². The Morgan fingerprint density at radius 3 is 2.53 bits per heavy atom. The van der Waals surface area contributed by atoms with Gasteiger partial charge in [0.05, 0.1) is 18.0 Å². The Hall–Kier alpha value is -2.35. The minimum Gasteiger partial charge on any atom is -0.497 e. The van der Waals surface area contributed by atoms with Gasteiger partial charge in [0.2, 0.25) is 10.0 Å². The Bertz CT molecular complexity index is 1150. The largest absolute Gasteiger partial charge is 0.497 e. The van der Waals surface area contributed by atoms with E-state index in [1.54, 1.807) is 43.5 Å². The molecule has 184 valence electrons. The lowest BCUT2D eigenvalue weighted by Gasteiger charge is -2.20. The number of hydrogen-bond donors (Lipinski definition) is 3. The molecule has 34 heavy (non-hydrogen) atoms. The van der Waals surface area contributed by atoms with E-state index in [1.807, 2.05) is 0 Å². The van der Waals surface area contributed by atoms with Crippen LogP contribution in [0.25, 0.3) is 0 Å². The van der Waals surface area contributed by atoms with Crippen molar-refractivity contribution in [2.45, 2.75) is 29.9 Å². The lowest BCUT2D eigenvalue weighted by molar-refractivity contribution is 0.0958. The first kappa shape index (κ1) is 26.3. The van der Waals surface area contributed by atoms with Crippen molar-refractivity contribution in [1.82, 2.24) is 14.9 Å². The molecule has 0 unspecified atom stereocenters. The molecule has 2 aromatic rings. The van der Waals surface area contributed by atoms with E-state index in [-0.39, 0.29) is 31.0 Å². The van der Waals surface area contributed by atoms with Crippen molar-refractivity contribution in [3.8, 4) is 5.75 Å². The molecule has 0 spiro atoms. The lowest BCUT2D eigenvalue weighted by atomic mass is 10.2. The molecule has 10 nitrogen and oxygen atoms in total. The van der Waals surface area contributed by atoms with E-state index in [2.05, 4.69) is 41.9 Å². The number of likely N-dealkylation sites (tertiary alicyclic amines) is 1. The molecule has 0 saturated carbocycles. The van der Waals surface area contributed by atoms with Crippen molar-refractivity contribution in [2.24, 2.45) is 0 Å². The molecule has 0 aromatic heterocycles. The van der Waals surface area contributed by atoms with E-state index in [4.69, 9.17) is 9.47 Å². The number of nitrogens with one attached hydrogen (secondary N) is 2. The molecule has 0 bridgehead atoms. The number of carbonyl (C=O) groups excluding carboxylic acids is 1. The van der Waals surface area contributed by atoms with E-state index < -0.39 is 34.3 Å². The molecule has 2 atom stereocenters. The normalized spacial score (nSPS) is 17.9. The number of halogens is 2. The van der Waals surface area contributed by atoms with Gasteiger partial charge >= 0.3 is 12.2 Å². The number of carboxylic acid groups (broad SMARTS) is 1. The Labute approximate surface area is 213 Å². The SMILES string of the molecule is COc1ccc(CNC(=O)OC[C@H]2C[C@@H](NS(=O)(=O)c3cc(Br)ccc3Br)CN2C(=O)O)cc1. The summed E-state index contributed by atoms with van der Waals surface area (Å²) in [5.41, 5.74) is 0.832. The summed E-state index contributed by atoms with van der Waals surface area (Å²) < 4.78 is 39.5. The molecule has 3 rings (SSSR count). The van der Waals surface area contributed by atoms with Crippen molar-refractivity contribution < 1.29 is 32.6 Å². The fourth-order valence-electron chi connectivity index (χ4n) is 3.50. The summed E-state index contributed by atoms with van der Waals surface area (Å²) in [6.45, 7) is -0.0543. The monoisotopic (exact) mass is 619 g/mol. The van der Waals surface area contributed by atoms with E-state index in [0.717, 1.165) is 10.5 Å². The third-order valence-corrected chi connectivity index (χ3v) is 8.18. The van der Waals surface area contributed by atoms with E-state index in [1.165, 1.54) is 6.07 Å². The Morgan fingerprint density at radius 1 is 1.18 bits per heavy atom. The summed E-state index contributed by atoms with van der Waals surface area (Å²) in [7, 11) is -2.36. The topological polar surface area (TPSA) is 134 Å². The Balaban J connectivity index is 1.56. The Morgan fingerprint density at radius 2 is 1.88 bits per heavy atom. The van der Waals surface area contributed by atoms with Crippen LogP contribution in [0.15, 0.2) is 56.3 Å². The van der Waals surface area contributed by atoms with Gasteiger partial charge in [0, 0.05) is 28.1 Å². The fraction of sp³-hybridized carbons (Fsp3) is 0.333. The van der Waals surface area contributed by atoms with Gasteiger partial charge in [-0.1, -0.05) is 28.1 Å². The third kappa shape index (κ3) is 6.84. The minimum atomic E-state index is -3.92. The highest BCUT2D eigenvalue weighted by Crippen LogP contribution is 2.27. The molecule has 1 aliphatic heterocycles. The Kier molecular flexibility index (Phi) is 8.79. The van der Waals surface area contributed by atoms with Crippen LogP contribution in [0.4, 0.5) is 9.59 Å². The quantitative estimate of drug-likeness (QED) is 0.411. The van der Waals surface area contributed by atoms with Gasteiger partial charge in [-0.05, 0) is 58.2 Å². The molecule has 1 heterocycles. The van der Waals surface area contributed by atoms with Gasteiger partial charge in [-0.15, -0.1) is 0 Å². The number of carbonyl (C=O) groups is 2. The summed E-state index contributed by atoms with van der Waals surface area (Å²) in [6, 6.07) is 10.5. The zero-order chi connectivity index (χ0) is 24.9. The number of hydrogen-bond acceptors (Lipinski definition) is 6. The second-order valence-electron chi connectivity index (χ2n) is 7.52. The third-order valence-electron chi connectivity index (χ3n) is 5.17. The molecule has 1 saturated heterocycles. The molecule has 0 aliphatic carbocycles. The predicted octanol–water partition coefficient (Wildman–Crippen LogP) is 3.55. The standard InChI is InChI=1S/C21H23Br2N3O7S/c1-32-17-5-2-13(3-6-17)10-24-20(27)33-12-16-9-15(11-26(16)21(28)29)25-34(30,31)19-8-14(22)4-7-18(19)23/h2-8,15-16,25H,9-12H2,1H3,(H,24,27)(H,28,29)/t15-,16-/m1/s1. The maximum atomic E-state index is 12.8. The first-order chi connectivity index (χ1) is 16.1. The van der Waals surface area contributed by atoms with Crippen molar-refractivity contribution in [1.29, 1.82) is 0 Å². The number of amides is 2. The number of ether oxygens (including phenoxy) is 2. The highest BCUT2D eigenvalue weighted by molar-refractivity contribution is 9.11. The number of sulfonamides is 1. The van der Waals surface area contributed by atoms with Crippen LogP contribution in [-0.4, -0.2) is 63.0 Å². The van der Waals surface area contributed by atoms with Crippen molar-refractivity contribution >= 4 is 54.1 Å². The van der Waals surface area contributed by atoms with E-state index >= 15 is 0 Å². The van der Waals surface area contributed by atoms with Crippen LogP contribution in [0.5, 0.6) is 5.75 Å². The minimum absolute atomic E-state index is 0.0290. The number of benzene rings is 2. The molecule has 1 fully saturated rings. The summed E-state index contributed by atoms with van der Waals surface area (Å²) in [5, 5.41) is 12.1.